The molecule has 6 nitrogen and oxygen atoms in total. The number of nitrogens with one attached hydrogen (secondary N) is 2. The minimum Gasteiger partial charge on any atom is -0.492 e. The topological polar surface area (TPSA) is 70.7 Å². The van der Waals surface area contributed by atoms with Gasteiger partial charge in [-0.2, -0.15) is 0 Å². The largest absolute Gasteiger partial charge is 0.492 e. The SMILES string of the molecule is CCCNCCCC(=O)C(Cc1ccc(OCCN(CCC)CCC)cc1)NC(=O)c1ccccc1. The van der Waals surface area contributed by atoms with Crippen molar-refractivity contribution in [1.82, 2.24) is 15.5 Å². The van der Waals surface area contributed by atoms with Gasteiger partial charge in [0.1, 0.15) is 12.4 Å². The maximum Gasteiger partial charge on any atom is 0.251 e. The average Bonchev–Trinajstić information content (AvgIpc) is 2.89. The van der Waals surface area contributed by atoms with Gasteiger partial charge in [-0.05, 0) is 88.1 Å². The highest BCUT2D eigenvalue weighted by molar-refractivity contribution is 5.98. The van der Waals surface area contributed by atoms with Gasteiger partial charge in [0.15, 0.2) is 5.78 Å². The molecule has 0 saturated heterocycles. The fourth-order valence-electron chi connectivity index (χ4n) is 4.16. The van der Waals surface area contributed by atoms with Gasteiger partial charge in [0, 0.05) is 18.5 Å². The zero-order chi connectivity index (χ0) is 26.0. The van der Waals surface area contributed by atoms with E-state index in [0.29, 0.717) is 25.0 Å². The van der Waals surface area contributed by atoms with Crippen molar-refractivity contribution in [2.75, 3.05) is 39.3 Å². The van der Waals surface area contributed by atoms with Crippen molar-refractivity contribution >= 4 is 11.7 Å². The van der Waals surface area contributed by atoms with E-state index in [9.17, 15) is 9.59 Å². The number of rotatable bonds is 19. The molecular weight excluding hydrogens is 450 g/mol. The van der Waals surface area contributed by atoms with Crippen LogP contribution < -0.4 is 15.4 Å². The van der Waals surface area contributed by atoms with Gasteiger partial charge < -0.3 is 15.4 Å². The van der Waals surface area contributed by atoms with Gasteiger partial charge in [-0.3, -0.25) is 14.5 Å². The van der Waals surface area contributed by atoms with E-state index >= 15 is 0 Å². The molecule has 2 rings (SSSR count). The Labute approximate surface area is 217 Å². The predicted octanol–water partition coefficient (Wildman–Crippen LogP) is 4.88. The van der Waals surface area contributed by atoms with E-state index in [-0.39, 0.29) is 11.7 Å². The summed E-state index contributed by atoms with van der Waals surface area (Å²) in [4.78, 5) is 28.3. The van der Waals surface area contributed by atoms with Gasteiger partial charge in [0.05, 0.1) is 6.04 Å². The number of ether oxygens (including phenoxy) is 1. The van der Waals surface area contributed by atoms with Gasteiger partial charge in [-0.25, -0.2) is 0 Å². The Morgan fingerprint density at radius 2 is 1.56 bits per heavy atom. The molecule has 6 heteroatoms. The predicted molar refractivity (Wildman–Crippen MR) is 148 cm³/mol. The highest BCUT2D eigenvalue weighted by Crippen LogP contribution is 2.15. The lowest BCUT2D eigenvalue weighted by molar-refractivity contribution is -0.121. The Morgan fingerprint density at radius 3 is 2.19 bits per heavy atom. The summed E-state index contributed by atoms with van der Waals surface area (Å²) in [5.41, 5.74) is 1.56. The molecule has 198 valence electrons. The number of hydrogen-bond acceptors (Lipinski definition) is 5. The van der Waals surface area contributed by atoms with E-state index in [1.807, 2.05) is 42.5 Å². The molecule has 1 atom stereocenters. The van der Waals surface area contributed by atoms with Gasteiger partial charge in [-0.15, -0.1) is 0 Å². The van der Waals surface area contributed by atoms with E-state index in [1.54, 1.807) is 12.1 Å². The number of hydrogen-bond donors (Lipinski definition) is 2. The van der Waals surface area contributed by atoms with Gasteiger partial charge >= 0.3 is 0 Å². The van der Waals surface area contributed by atoms with Crippen molar-refractivity contribution in [2.24, 2.45) is 0 Å². The average molecular weight is 496 g/mol. The van der Waals surface area contributed by atoms with Crippen LogP contribution in [0.3, 0.4) is 0 Å². The Hall–Kier alpha value is -2.70. The Balaban J connectivity index is 1.96. The second kappa shape index (κ2) is 17.7. The van der Waals surface area contributed by atoms with Crippen LogP contribution in [0.1, 0.15) is 68.8 Å². The standard InChI is InChI=1S/C30H45N3O3/c1-4-18-31-19-10-13-29(34)28(32-30(35)26-11-8-7-9-12-26)24-25-14-16-27(17-15-25)36-23-22-33(20-5-2)21-6-3/h7-9,11-12,14-17,28,31H,4-6,10,13,18-24H2,1-3H3,(H,32,35). The third-order valence-corrected chi connectivity index (χ3v) is 6.05. The number of nitrogens with zero attached hydrogens (tertiary/aromatic N) is 1. The van der Waals surface area contributed by atoms with Gasteiger partial charge in [-0.1, -0.05) is 51.1 Å². The summed E-state index contributed by atoms with van der Waals surface area (Å²) in [6, 6.07) is 16.4. The minimum atomic E-state index is -0.563. The molecule has 2 aromatic rings. The van der Waals surface area contributed by atoms with E-state index in [2.05, 4.69) is 36.3 Å². The lowest BCUT2D eigenvalue weighted by atomic mass is 9.99. The second-order valence-corrected chi connectivity index (χ2v) is 9.25. The summed E-state index contributed by atoms with van der Waals surface area (Å²) >= 11 is 0. The van der Waals surface area contributed by atoms with Crippen molar-refractivity contribution in [3.05, 3.63) is 65.7 Å². The molecule has 0 bridgehead atoms. The fraction of sp³-hybridized carbons (Fsp3) is 0.533. The molecule has 36 heavy (non-hydrogen) atoms. The molecule has 0 fully saturated rings. The maximum absolute atomic E-state index is 13.1. The third kappa shape index (κ3) is 11.4. The zero-order valence-electron chi connectivity index (χ0n) is 22.4. The number of carbonyl (C=O) groups is 2. The van der Waals surface area contributed by atoms with Crippen LogP contribution in [0.25, 0.3) is 0 Å². The number of amides is 1. The zero-order valence-corrected chi connectivity index (χ0v) is 22.4. The van der Waals surface area contributed by atoms with Crippen LogP contribution in [-0.4, -0.2) is 62.0 Å². The first-order chi connectivity index (χ1) is 17.6. The van der Waals surface area contributed by atoms with E-state index in [4.69, 9.17) is 4.74 Å². The van der Waals surface area contributed by atoms with Crippen molar-refractivity contribution in [1.29, 1.82) is 0 Å². The first-order valence-electron chi connectivity index (χ1n) is 13.6. The first kappa shape index (κ1) is 29.5. The molecule has 0 heterocycles. The highest BCUT2D eigenvalue weighted by atomic mass is 16.5. The van der Waals surface area contributed by atoms with Crippen LogP contribution in [0.2, 0.25) is 0 Å². The van der Waals surface area contributed by atoms with Crippen molar-refractivity contribution < 1.29 is 14.3 Å². The quantitative estimate of drug-likeness (QED) is 0.272. The van der Waals surface area contributed by atoms with Crippen LogP contribution in [0, 0.1) is 0 Å². The van der Waals surface area contributed by atoms with Crippen molar-refractivity contribution in [3.63, 3.8) is 0 Å². The van der Waals surface area contributed by atoms with E-state index in [1.165, 1.54) is 0 Å². The van der Waals surface area contributed by atoms with E-state index in [0.717, 1.165) is 69.7 Å². The summed E-state index contributed by atoms with van der Waals surface area (Å²) in [6.45, 7) is 12.0. The fourth-order valence-corrected chi connectivity index (χ4v) is 4.16. The minimum absolute atomic E-state index is 0.0600. The number of Topliss-reactive ketones (excluding diaryl/α,β-unsaturated/α-hetero) is 1. The van der Waals surface area contributed by atoms with Crippen LogP contribution in [-0.2, 0) is 11.2 Å². The highest BCUT2D eigenvalue weighted by Gasteiger charge is 2.21. The van der Waals surface area contributed by atoms with Crippen LogP contribution in [0.5, 0.6) is 5.75 Å². The molecule has 1 amide bonds. The molecule has 0 aliphatic rings. The number of ketones is 1. The number of carbonyl (C=O) groups excluding carboxylic acids is 2. The Bertz CT molecular complexity index is 865. The second-order valence-electron chi connectivity index (χ2n) is 9.25. The molecule has 0 aromatic heterocycles. The van der Waals surface area contributed by atoms with Crippen LogP contribution >= 0.6 is 0 Å². The normalized spacial score (nSPS) is 11.9. The van der Waals surface area contributed by atoms with Crippen molar-refractivity contribution in [3.8, 4) is 5.75 Å². The maximum atomic E-state index is 13.1. The monoisotopic (exact) mass is 495 g/mol. The molecule has 0 saturated carbocycles. The lowest BCUT2D eigenvalue weighted by Crippen LogP contribution is -2.42. The molecule has 2 N–H and O–H groups in total. The lowest BCUT2D eigenvalue weighted by Gasteiger charge is -2.21. The summed E-state index contributed by atoms with van der Waals surface area (Å²) in [6.07, 6.45) is 5.01. The Kier molecular flexibility index (Phi) is 14.5. The molecule has 2 aromatic carbocycles. The summed E-state index contributed by atoms with van der Waals surface area (Å²) in [5.74, 6) is 0.663. The van der Waals surface area contributed by atoms with Crippen molar-refractivity contribution in [2.45, 2.75) is 65.3 Å². The molecule has 0 aliphatic heterocycles. The molecule has 0 radical (unpaired) electrons. The smallest absolute Gasteiger partial charge is 0.251 e. The third-order valence-electron chi connectivity index (χ3n) is 6.05. The summed E-state index contributed by atoms with van der Waals surface area (Å²) in [5, 5.41) is 6.31. The molecular formula is C30H45N3O3. The first-order valence-corrected chi connectivity index (χ1v) is 13.6. The Morgan fingerprint density at radius 1 is 0.861 bits per heavy atom. The van der Waals surface area contributed by atoms with Gasteiger partial charge in [0.25, 0.3) is 5.91 Å². The molecule has 0 aliphatic carbocycles. The molecule has 0 spiro atoms. The molecule has 1 unspecified atom stereocenters. The summed E-state index contributed by atoms with van der Waals surface area (Å²) in [7, 11) is 0. The van der Waals surface area contributed by atoms with Crippen LogP contribution in [0.4, 0.5) is 0 Å². The number of benzene rings is 2. The van der Waals surface area contributed by atoms with E-state index < -0.39 is 6.04 Å². The van der Waals surface area contributed by atoms with Gasteiger partial charge in [0.2, 0.25) is 0 Å². The van der Waals surface area contributed by atoms with Crippen LogP contribution in [0.15, 0.2) is 54.6 Å². The summed E-state index contributed by atoms with van der Waals surface area (Å²) < 4.78 is 5.96.